The average Bonchev–Trinajstić information content (AvgIpc) is 2.18. The van der Waals surface area contributed by atoms with Crippen LogP contribution in [0.15, 0.2) is 30.3 Å². The second kappa shape index (κ2) is 9.82. The minimum absolute atomic E-state index is 0. The monoisotopic (exact) mass is 279 g/mol. The largest absolute Gasteiger partial charge is 0.480 e. The average molecular weight is 279 g/mol. The van der Waals surface area contributed by atoms with E-state index in [-0.39, 0.29) is 13.5 Å². The highest BCUT2D eigenvalue weighted by atomic mass is 32.2. The van der Waals surface area contributed by atoms with E-state index < -0.39 is 22.6 Å². The van der Waals surface area contributed by atoms with E-state index >= 15 is 0 Å². The van der Waals surface area contributed by atoms with E-state index in [1.165, 1.54) is 0 Å². The number of nitrogens with two attached hydrogens (primary N) is 1. The van der Waals surface area contributed by atoms with Crippen LogP contribution in [0.3, 0.4) is 0 Å². The fourth-order valence-electron chi connectivity index (χ4n) is 0.955. The van der Waals surface area contributed by atoms with E-state index in [4.69, 9.17) is 23.5 Å². The Kier molecular flexibility index (Phi) is 10.4. The van der Waals surface area contributed by atoms with Crippen LogP contribution in [0, 0.1) is 0 Å². The van der Waals surface area contributed by atoms with Gasteiger partial charge >= 0.3 is 16.6 Å². The summed E-state index contributed by atoms with van der Waals surface area (Å²) < 4.78 is 25.3. The Hall–Kier alpha value is -1.38. The van der Waals surface area contributed by atoms with E-state index in [0.717, 1.165) is 5.56 Å². The summed E-state index contributed by atoms with van der Waals surface area (Å²) in [5.41, 5.74) is 6.30. The van der Waals surface area contributed by atoms with Gasteiger partial charge in [-0.3, -0.25) is 4.79 Å². The Morgan fingerprint density at radius 3 is 2.00 bits per heavy atom. The predicted octanol–water partition coefficient (Wildman–Crippen LogP) is -0.250. The molecule has 0 bridgehead atoms. The van der Waals surface area contributed by atoms with Gasteiger partial charge in [-0.2, -0.15) is 13.5 Å². The maximum Gasteiger partial charge on any atom is 0.425 e. The lowest BCUT2D eigenvalue weighted by molar-refractivity contribution is -0.138. The zero-order valence-corrected chi connectivity index (χ0v) is 10.6. The van der Waals surface area contributed by atoms with Gasteiger partial charge in [0.1, 0.15) is 6.04 Å². The Bertz CT molecular complexity index is 424. The molecule has 96 valence electrons. The van der Waals surface area contributed by atoms with Gasteiger partial charge in [-0.15, -0.1) is 12.6 Å². The van der Waals surface area contributed by atoms with Gasteiger partial charge in [0.15, 0.2) is 0 Å². The van der Waals surface area contributed by atoms with E-state index in [1.54, 1.807) is 0 Å². The molecule has 1 aromatic rings. The molecule has 0 radical (unpaired) electrons. The predicted molar refractivity (Wildman–Crippen MR) is 65.8 cm³/mol. The molecular formula is C9H13NO5S2. The van der Waals surface area contributed by atoms with Gasteiger partial charge < -0.3 is 10.8 Å². The lowest BCUT2D eigenvalue weighted by Gasteiger charge is -2.04. The van der Waals surface area contributed by atoms with Crippen LogP contribution < -0.4 is 5.73 Å². The summed E-state index contributed by atoms with van der Waals surface area (Å²) in [5, 5.41) is 8.52. The van der Waals surface area contributed by atoms with Crippen LogP contribution in [0.2, 0.25) is 0 Å². The van der Waals surface area contributed by atoms with Gasteiger partial charge in [0.2, 0.25) is 0 Å². The molecule has 8 heteroatoms. The van der Waals surface area contributed by atoms with Crippen molar-refractivity contribution >= 4 is 30.1 Å². The van der Waals surface area contributed by atoms with Crippen molar-refractivity contribution in [3.63, 3.8) is 0 Å². The molecule has 0 amide bonds. The third kappa shape index (κ3) is 10.9. The van der Waals surface area contributed by atoms with Crippen molar-refractivity contribution in [3.8, 4) is 0 Å². The summed E-state index contributed by atoms with van der Waals surface area (Å²) in [6.07, 6.45) is 0.385. The van der Waals surface area contributed by atoms with Crippen LogP contribution in [0.4, 0.5) is 0 Å². The summed E-state index contributed by atoms with van der Waals surface area (Å²) >= 11 is 0. The van der Waals surface area contributed by atoms with Gasteiger partial charge in [0.25, 0.3) is 0 Å². The molecule has 0 unspecified atom stereocenters. The fourth-order valence-corrected chi connectivity index (χ4v) is 0.955. The highest BCUT2D eigenvalue weighted by Gasteiger charge is 2.10. The highest BCUT2D eigenvalue weighted by Crippen LogP contribution is 2.01. The number of rotatable bonds is 3. The molecule has 6 nitrogen and oxygen atoms in total. The molecule has 1 aromatic carbocycles. The minimum atomic E-state index is -3.11. The summed E-state index contributed by atoms with van der Waals surface area (Å²) in [7, 11) is -3.11. The van der Waals surface area contributed by atoms with Crippen molar-refractivity contribution in [1.29, 1.82) is 0 Å². The van der Waals surface area contributed by atoms with E-state index in [0.29, 0.717) is 6.42 Å². The lowest BCUT2D eigenvalue weighted by Crippen LogP contribution is -2.32. The lowest BCUT2D eigenvalue weighted by atomic mass is 10.1. The molecular weight excluding hydrogens is 266 g/mol. The quantitative estimate of drug-likeness (QED) is 0.788. The molecule has 0 fully saturated rings. The van der Waals surface area contributed by atoms with Gasteiger partial charge in [-0.1, -0.05) is 30.3 Å². The topological polar surface area (TPSA) is 115 Å². The molecule has 0 saturated heterocycles. The molecule has 17 heavy (non-hydrogen) atoms. The Labute approximate surface area is 107 Å². The van der Waals surface area contributed by atoms with Crippen LogP contribution in [0.1, 0.15) is 5.56 Å². The molecule has 0 spiro atoms. The van der Waals surface area contributed by atoms with Crippen LogP contribution in [-0.4, -0.2) is 29.7 Å². The van der Waals surface area contributed by atoms with Crippen molar-refractivity contribution in [2.24, 2.45) is 5.73 Å². The molecule has 0 aromatic heterocycles. The van der Waals surface area contributed by atoms with Crippen molar-refractivity contribution in [2.75, 3.05) is 0 Å². The Morgan fingerprint density at radius 1 is 1.24 bits per heavy atom. The first-order valence-electron chi connectivity index (χ1n) is 4.22. The van der Waals surface area contributed by atoms with E-state index in [1.807, 2.05) is 30.3 Å². The standard InChI is InChI=1S/C9H11NO2.O3S.H2S/c10-8(9(11)12)6-7-4-2-1-3-5-7;1-4(2)3;/h1-5,8H,6,10H2,(H,11,12);;1H2/t8-;;/m0../s1. The maximum absolute atomic E-state index is 10.4. The normalized spacial score (nSPS) is 10.2. The van der Waals surface area contributed by atoms with Crippen molar-refractivity contribution in [3.05, 3.63) is 35.9 Å². The number of carboxylic acid groups (broad SMARTS) is 1. The van der Waals surface area contributed by atoms with Gasteiger partial charge in [-0.25, -0.2) is 0 Å². The third-order valence-electron chi connectivity index (χ3n) is 1.62. The number of aliphatic carboxylic acids is 1. The highest BCUT2D eigenvalue weighted by molar-refractivity contribution is 7.59. The molecule has 1 rings (SSSR count). The second-order valence-electron chi connectivity index (χ2n) is 2.84. The first-order chi connectivity index (χ1) is 7.43. The molecule has 3 N–H and O–H groups in total. The van der Waals surface area contributed by atoms with Crippen LogP contribution >= 0.6 is 13.5 Å². The van der Waals surface area contributed by atoms with Gasteiger partial charge in [0.05, 0.1) is 0 Å². The summed E-state index contributed by atoms with van der Waals surface area (Å²) in [5.74, 6) is -0.959. The Morgan fingerprint density at radius 2 is 1.65 bits per heavy atom. The zero-order valence-electron chi connectivity index (χ0n) is 8.74. The number of carbonyl (C=O) groups is 1. The molecule has 0 aliphatic rings. The number of hydrogen-bond acceptors (Lipinski definition) is 5. The molecule has 0 aliphatic carbocycles. The molecule has 0 aliphatic heterocycles. The van der Waals surface area contributed by atoms with E-state index in [9.17, 15) is 4.79 Å². The number of benzene rings is 1. The number of carboxylic acids is 1. The smallest absolute Gasteiger partial charge is 0.425 e. The van der Waals surface area contributed by atoms with Crippen LogP contribution in [-0.2, 0) is 21.8 Å². The maximum atomic E-state index is 10.4. The van der Waals surface area contributed by atoms with Gasteiger partial charge in [-0.05, 0) is 12.0 Å². The summed E-state index contributed by atoms with van der Waals surface area (Å²) in [4.78, 5) is 10.4. The summed E-state index contributed by atoms with van der Waals surface area (Å²) in [6, 6.07) is 8.54. The van der Waals surface area contributed by atoms with Gasteiger partial charge in [0, 0.05) is 0 Å². The van der Waals surface area contributed by atoms with Crippen LogP contribution in [0.25, 0.3) is 0 Å². The molecule has 1 atom stereocenters. The molecule has 0 saturated carbocycles. The summed E-state index contributed by atoms with van der Waals surface area (Å²) in [6.45, 7) is 0. The molecule has 0 heterocycles. The second-order valence-corrected chi connectivity index (χ2v) is 3.25. The van der Waals surface area contributed by atoms with Crippen LogP contribution in [0.5, 0.6) is 0 Å². The van der Waals surface area contributed by atoms with Crippen molar-refractivity contribution in [1.82, 2.24) is 0 Å². The first-order valence-corrected chi connectivity index (χ1v) is 5.22. The Balaban J connectivity index is 0. The minimum Gasteiger partial charge on any atom is -0.480 e. The van der Waals surface area contributed by atoms with E-state index in [2.05, 4.69) is 0 Å². The van der Waals surface area contributed by atoms with Crippen molar-refractivity contribution < 1.29 is 22.5 Å². The fraction of sp³-hybridized carbons (Fsp3) is 0.222. The first kappa shape index (κ1) is 18.0. The third-order valence-corrected chi connectivity index (χ3v) is 1.62. The number of hydrogen-bond donors (Lipinski definition) is 2. The SMILES string of the molecule is N[C@@H](Cc1ccccc1)C(=O)O.O=S(=O)=O.S. The van der Waals surface area contributed by atoms with Crippen molar-refractivity contribution in [2.45, 2.75) is 12.5 Å². The zero-order chi connectivity index (χ0) is 12.6.